The zero-order valence-electron chi connectivity index (χ0n) is 23.4. The number of hydrogen-bond acceptors (Lipinski definition) is 8. The molecule has 0 saturated heterocycles. The number of nitrogens with zero attached hydrogens (tertiary/aromatic N) is 4. The number of aromatic hydroxyl groups is 2. The summed E-state index contributed by atoms with van der Waals surface area (Å²) in [7, 11) is 0. The van der Waals surface area contributed by atoms with Crippen LogP contribution in [0.25, 0.3) is 22.1 Å². The summed E-state index contributed by atoms with van der Waals surface area (Å²) >= 11 is 0. The monoisotopic (exact) mass is 560 g/mol. The van der Waals surface area contributed by atoms with Gasteiger partial charge in [0.15, 0.2) is 0 Å². The van der Waals surface area contributed by atoms with E-state index in [1.807, 2.05) is 26.0 Å². The van der Waals surface area contributed by atoms with E-state index in [1.165, 1.54) is 24.3 Å². The molecule has 0 saturated carbocycles. The number of carbonyl (C=O) groups is 2. The molecule has 0 aliphatic rings. The van der Waals surface area contributed by atoms with Crippen molar-refractivity contribution in [3.05, 3.63) is 106 Å². The highest BCUT2D eigenvalue weighted by Crippen LogP contribution is 2.26. The number of para-hydroxylation sites is 2. The number of phenolic OH excluding ortho intramolecular Hbond substituents is 2. The van der Waals surface area contributed by atoms with E-state index in [2.05, 4.69) is 21.1 Å². The number of benzene rings is 4. The van der Waals surface area contributed by atoms with Gasteiger partial charge in [-0.15, -0.1) is 0 Å². The fourth-order valence-electron chi connectivity index (χ4n) is 4.44. The van der Waals surface area contributed by atoms with E-state index in [-0.39, 0.29) is 22.6 Å². The van der Waals surface area contributed by atoms with E-state index in [0.717, 1.165) is 11.1 Å². The third-order valence-electron chi connectivity index (χ3n) is 6.93. The molecule has 2 amide bonds. The summed E-state index contributed by atoms with van der Waals surface area (Å²) in [6.45, 7) is 7.48. The second kappa shape index (κ2) is 11.5. The van der Waals surface area contributed by atoms with Crippen LogP contribution in [0.5, 0.6) is 11.5 Å². The summed E-state index contributed by atoms with van der Waals surface area (Å²) in [4.78, 5) is 35.1. The third kappa shape index (κ3) is 5.50. The average molecular weight is 561 g/mol. The maximum Gasteiger partial charge on any atom is 0.275 e. The van der Waals surface area contributed by atoms with Crippen molar-refractivity contribution in [1.29, 1.82) is 0 Å². The Morgan fingerprint density at radius 2 is 1.00 bits per heavy atom. The van der Waals surface area contributed by atoms with Gasteiger partial charge in [0.05, 0.1) is 44.6 Å². The predicted octanol–water partition coefficient (Wildman–Crippen LogP) is 5.12. The molecule has 10 heteroatoms. The van der Waals surface area contributed by atoms with Gasteiger partial charge in [-0.2, -0.15) is 10.2 Å². The largest absolute Gasteiger partial charge is 0.507 e. The number of nitrogens with one attached hydrogen (secondary N) is 2. The Bertz CT molecular complexity index is 1810. The van der Waals surface area contributed by atoms with Crippen LogP contribution in [0.3, 0.4) is 0 Å². The summed E-state index contributed by atoms with van der Waals surface area (Å²) in [6.07, 6.45) is 0. The highest BCUT2D eigenvalue weighted by atomic mass is 16.3. The average Bonchev–Trinajstić information content (AvgIpc) is 2.98. The second-order valence-electron chi connectivity index (χ2n) is 9.82. The van der Waals surface area contributed by atoms with Gasteiger partial charge in [-0.3, -0.25) is 9.59 Å². The summed E-state index contributed by atoms with van der Waals surface area (Å²) in [5, 5.41) is 28.6. The number of aromatic nitrogens is 2. The highest BCUT2D eigenvalue weighted by molar-refractivity contribution is 6.16. The minimum atomic E-state index is -0.556. The van der Waals surface area contributed by atoms with Crippen molar-refractivity contribution in [2.75, 3.05) is 0 Å². The topological polar surface area (TPSA) is 149 Å². The van der Waals surface area contributed by atoms with Crippen LogP contribution in [0.1, 0.15) is 56.8 Å². The number of fused-ring (bicyclic) bond motifs is 2. The summed E-state index contributed by atoms with van der Waals surface area (Å²) in [6, 6.07) is 19.9. The molecule has 1 heterocycles. The lowest BCUT2D eigenvalue weighted by Gasteiger charge is -2.13. The molecule has 0 bridgehead atoms. The van der Waals surface area contributed by atoms with Crippen molar-refractivity contribution in [3.63, 3.8) is 0 Å². The molecule has 0 radical (unpaired) electrons. The molecule has 4 aromatic carbocycles. The molecule has 0 aliphatic carbocycles. The van der Waals surface area contributed by atoms with Crippen LogP contribution in [0.4, 0.5) is 0 Å². The molecule has 210 valence electrons. The molecule has 5 aromatic rings. The zero-order chi connectivity index (χ0) is 30.0. The Balaban J connectivity index is 1.57. The summed E-state index contributed by atoms with van der Waals surface area (Å²) < 4.78 is 0. The molecule has 4 N–H and O–H groups in total. The standard InChI is InChI=1S/C32H28N6O4/c1-17-15-25-26(16-18(17)2)34-30-22(20(4)36-38-32(42)24-10-6-8-12-28(24)40)14-13-21(29(30)33-25)19(3)35-37-31(41)23-9-5-7-11-27(23)39/h5-16,39-40H,1-4H3,(H,37,41)(H,38,42)/b35-19+,36-20+. The first-order valence-electron chi connectivity index (χ1n) is 13.1. The number of amides is 2. The van der Waals surface area contributed by atoms with Gasteiger partial charge in [-0.05, 0) is 75.2 Å². The Hall–Kier alpha value is -5.64. The van der Waals surface area contributed by atoms with E-state index < -0.39 is 11.8 Å². The quantitative estimate of drug-likeness (QED) is 0.129. The maximum atomic E-state index is 12.6. The van der Waals surface area contributed by atoms with Crippen molar-refractivity contribution in [3.8, 4) is 11.5 Å². The number of aryl methyl sites for hydroxylation is 2. The first-order chi connectivity index (χ1) is 20.1. The Morgan fingerprint density at radius 3 is 1.38 bits per heavy atom. The summed E-state index contributed by atoms with van der Waals surface area (Å²) in [5.74, 6) is -1.41. The van der Waals surface area contributed by atoms with Crippen LogP contribution < -0.4 is 10.9 Å². The van der Waals surface area contributed by atoms with Gasteiger partial charge in [0.25, 0.3) is 11.8 Å². The molecule has 5 rings (SSSR count). The lowest BCUT2D eigenvalue weighted by Crippen LogP contribution is -2.20. The van der Waals surface area contributed by atoms with Gasteiger partial charge in [0, 0.05) is 11.1 Å². The third-order valence-corrected chi connectivity index (χ3v) is 6.93. The van der Waals surface area contributed by atoms with Gasteiger partial charge in [-0.25, -0.2) is 20.8 Å². The van der Waals surface area contributed by atoms with Crippen molar-refractivity contribution in [1.82, 2.24) is 20.8 Å². The smallest absolute Gasteiger partial charge is 0.275 e. The van der Waals surface area contributed by atoms with Crippen LogP contribution in [0.2, 0.25) is 0 Å². The van der Waals surface area contributed by atoms with Crippen molar-refractivity contribution < 1.29 is 19.8 Å². The molecule has 0 fully saturated rings. The van der Waals surface area contributed by atoms with Crippen LogP contribution in [-0.2, 0) is 0 Å². The van der Waals surface area contributed by atoms with Crippen molar-refractivity contribution in [2.45, 2.75) is 27.7 Å². The maximum absolute atomic E-state index is 12.6. The van der Waals surface area contributed by atoms with Crippen LogP contribution in [0.15, 0.2) is 83.0 Å². The molecule has 10 nitrogen and oxygen atoms in total. The number of rotatable bonds is 6. The number of hydrazone groups is 2. The zero-order valence-corrected chi connectivity index (χ0v) is 23.4. The number of phenols is 2. The van der Waals surface area contributed by atoms with E-state index >= 15 is 0 Å². The van der Waals surface area contributed by atoms with E-state index in [4.69, 9.17) is 9.97 Å². The number of hydrogen-bond donors (Lipinski definition) is 4. The van der Waals surface area contributed by atoms with Crippen LogP contribution in [-0.4, -0.2) is 43.4 Å². The molecule has 0 spiro atoms. The fraction of sp³-hybridized carbons (Fsp3) is 0.125. The van der Waals surface area contributed by atoms with Crippen LogP contribution >= 0.6 is 0 Å². The van der Waals surface area contributed by atoms with E-state index in [0.29, 0.717) is 44.6 Å². The summed E-state index contributed by atoms with van der Waals surface area (Å²) in [5.41, 5.74) is 12.0. The first kappa shape index (κ1) is 27.9. The minimum absolute atomic E-state index is 0.101. The van der Waals surface area contributed by atoms with Gasteiger partial charge in [-0.1, -0.05) is 36.4 Å². The van der Waals surface area contributed by atoms with Crippen molar-refractivity contribution in [2.24, 2.45) is 10.2 Å². The molecule has 0 unspecified atom stereocenters. The molecule has 0 atom stereocenters. The highest BCUT2D eigenvalue weighted by Gasteiger charge is 2.17. The van der Waals surface area contributed by atoms with Gasteiger partial charge >= 0.3 is 0 Å². The molecular weight excluding hydrogens is 532 g/mol. The molecule has 42 heavy (non-hydrogen) atoms. The SMILES string of the molecule is C/C(=N\NC(=O)c1ccccc1O)c1ccc(/C(C)=N/NC(=O)c2ccccc2O)c2nc3cc(C)c(C)cc3nc12. The lowest BCUT2D eigenvalue weighted by molar-refractivity contribution is 0.0943. The second-order valence-corrected chi connectivity index (χ2v) is 9.82. The van der Waals surface area contributed by atoms with E-state index in [1.54, 1.807) is 50.2 Å². The Morgan fingerprint density at radius 1 is 0.619 bits per heavy atom. The number of carbonyl (C=O) groups excluding carboxylic acids is 2. The molecule has 1 aromatic heterocycles. The molecular formula is C32H28N6O4. The van der Waals surface area contributed by atoms with Gasteiger partial charge in [0.1, 0.15) is 11.5 Å². The van der Waals surface area contributed by atoms with Gasteiger partial charge < -0.3 is 10.2 Å². The Labute approximate surface area is 241 Å². The van der Waals surface area contributed by atoms with E-state index in [9.17, 15) is 19.8 Å². The Kier molecular flexibility index (Phi) is 7.61. The predicted molar refractivity (Wildman–Crippen MR) is 162 cm³/mol. The lowest BCUT2D eigenvalue weighted by atomic mass is 10.0. The van der Waals surface area contributed by atoms with Crippen molar-refractivity contribution >= 4 is 45.3 Å². The normalized spacial score (nSPS) is 12.0. The van der Waals surface area contributed by atoms with Gasteiger partial charge in [0.2, 0.25) is 0 Å². The first-order valence-corrected chi connectivity index (χ1v) is 13.1. The molecule has 0 aliphatic heterocycles. The minimum Gasteiger partial charge on any atom is -0.507 e. The van der Waals surface area contributed by atoms with Crippen LogP contribution in [0, 0.1) is 13.8 Å². The fourth-order valence-corrected chi connectivity index (χ4v) is 4.44.